The zero-order valence-corrected chi connectivity index (χ0v) is 11.5. The van der Waals surface area contributed by atoms with Crippen molar-refractivity contribution in [1.82, 2.24) is 10.7 Å². The van der Waals surface area contributed by atoms with E-state index < -0.39 is 17.8 Å². The standard InChI is InChI=1S/C14H15N3O4/c1-21-14(20)10-4-2-9(3-5-10)8-15-17-13(19)12(18)16-11-6-7-11/h2-5,8,11H,6-7H2,1H3,(H,16,18)(H,17,19)/b15-8-. The Bertz CT molecular complexity index is 576. The molecule has 0 aliphatic heterocycles. The van der Waals surface area contributed by atoms with E-state index in [-0.39, 0.29) is 6.04 Å². The second-order valence-corrected chi connectivity index (χ2v) is 4.56. The van der Waals surface area contributed by atoms with Gasteiger partial charge in [-0.05, 0) is 30.5 Å². The van der Waals surface area contributed by atoms with Crippen LogP contribution in [-0.2, 0) is 14.3 Å². The summed E-state index contributed by atoms with van der Waals surface area (Å²) in [6.45, 7) is 0. The summed E-state index contributed by atoms with van der Waals surface area (Å²) in [6, 6.07) is 6.57. The third kappa shape index (κ3) is 4.41. The SMILES string of the molecule is COC(=O)c1ccc(/C=N\NC(=O)C(=O)NC2CC2)cc1. The lowest BCUT2D eigenvalue weighted by Crippen LogP contribution is -2.38. The van der Waals surface area contributed by atoms with Crippen molar-refractivity contribution in [2.45, 2.75) is 18.9 Å². The molecule has 2 rings (SSSR count). The first kappa shape index (κ1) is 14.7. The Morgan fingerprint density at radius 1 is 1.19 bits per heavy atom. The van der Waals surface area contributed by atoms with Gasteiger partial charge in [-0.3, -0.25) is 9.59 Å². The number of nitrogens with one attached hydrogen (secondary N) is 2. The number of carbonyl (C=O) groups is 3. The molecule has 0 unspecified atom stereocenters. The van der Waals surface area contributed by atoms with Gasteiger partial charge in [-0.25, -0.2) is 10.2 Å². The minimum absolute atomic E-state index is 0.123. The van der Waals surface area contributed by atoms with E-state index in [1.165, 1.54) is 13.3 Å². The monoisotopic (exact) mass is 289 g/mol. The van der Waals surface area contributed by atoms with Crippen molar-refractivity contribution in [3.05, 3.63) is 35.4 Å². The first-order chi connectivity index (χ1) is 10.1. The van der Waals surface area contributed by atoms with Crippen molar-refractivity contribution >= 4 is 24.0 Å². The Morgan fingerprint density at radius 3 is 2.43 bits per heavy atom. The van der Waals surface area contributed by atoms with Gasteiger partial charge in [-0.1, -0.05) is 12.1 Å². The van der Waals surface area contributed by atoms with Gasteiger partial charge in [0.15, 0.2) is 0 Å². The second-order valence-electron chi connectivity index (χ2n) is 4.56. The van der Waals surface area contributed by atoms with Crippen LogP contribution in [0.15, 0.2) is 29.4 Å². The number of esters is 1. The number of hydrogen-bond donors (Lipinski definition) is 2. The molecule has 1 aromatic carbocycles. The Morgan fingerprint density at radius 2 is 1.86 bits per heavy atom. The molecular formula is C14H15N3O4. The number of hydrazone groups is 1. The largest absolute Gasteiger partial charge is 0.465 e. The molecule has 0 saturated heterocycles. The van der Waals surface area contributed by atoms with Crippen LogP contribution >= 0.6 is 0 Å². The summed E-state index contributed by atoms with van der Waals surface area (Å²) in [5.41, 5.74) is 3.23. The molecule has 0 heterocycles. The Labute approximate surface area is 121 Å². The zero-order chi connectivity index (χ0) is 15.2. The van der Waals surface area contributed by atoms with Gasteiger partial charge in [-0.15, -0.1) is 0 Å². The van der Waals surface area contributed by atoms with Gasteiger partial charge >= 0.3 is 17.8 Å². The maximum absolute atomic E-state index is 11.4. The summed E-state index contributed by atoms with van der Waals surface area (Å²) >= 11 is 0. The van der Waals surface area contributed by atoms with Crippen molar-refractivity contribution in [2.24, 2.45) is 5.10 Å². The fourth-order valence-electron chi connectivity index (χ4n) is 1.52. The van der Waals surface area contributed by atoms with Gasteiger partial charge in [0, 0.05) is 6.04 Å². The molecular weight excluding hydrogens is 274 g/mol. The number of ether oxygens (including phenoxy) is 1. The van der Waals surface area contributed by atoms with Gasteiger partial charge < -0.3 is 10.1 Å². The highest BCUT2D eigenvalue weighted by atomic mass is 16.5. The lowest BCUT2D eigenvalue weighted by Gasteiger charge is -2.01. The number of methoxy groups -OCH3 is 1. The molecule has 0 aromatic heterocycles. The summed E-state index contributed by atoms with van der Waals surface area (Å²) in [6.07, 6.45) is 3.20. The molecule has 110 valence electrons. The van der Waals surface area contributed by atoms with Crippen molar-refractivity contribution in [1.29, 1.82) is 0 Å². The molecule has 1 saturated carbocycles. The van der Waals surface area contributed by atoms with E-state index in [1.54, 1.807) is 24.3 Å². The van der Waals surface area contributed by atoms with Crippen molar-refractivity contribution in [2.75, 3.05) is 7.11 Å². The molecule has 0 bridgehead atoms. The molecule has 1 fully saturated rings. The van der Waals surface area contributed by atoms with E-state index in [0.29, 0.717) is 11.1 Å². The van der Waals surface area contributed by atoms with Crippen molar-refractivity contribution in [3.63, 3.8) is 0 Å². The van der Waals surface area contributed by atoms with Crippen molar-refractivity contribution in [3.8, 4) is 0 Å². The van der Waals surface area contributed by atoms with E-state index in [1.807, 2.05) is 0 Å². The highest BCUT2D eigenvalue weighted by Gasteiger charge is 2.26. The Balaban J connectivity index is 1.84. The second kappa shape index (κ2) is 6.65. The lowest BCUT2D eigenvalue weighted by molar-refractivity contribution is -0.139. The van der Waals surface area contributed by atoms with Gasteiger partial charge in [0.25, 0.3) is 0 Å². The van der Waals surface area contributed by atoms with E-state index in [2.05, 4.69) is 20.6 Å². The minimum atomic E-state index is -0.802. The van der Waals surface area contributed by atoms with Gasteiger partial charge in [0.1, 0.15) is 0 Å². The molecule has 7 nitrogen and oxygen atoms in total. The van der Waals surface area contributed by atoms with Crippen LogP contribution in [0.5, 0.6) is 0 Å². The Kier molecular flexibility index (Phi) is 4.65. The predicted molar refractivity (Wildman–Crippen MR) is 74.7 cm³/mol. The number of amides is 2. The molecule has 7 heteroatoms. The zero-order valence-electron chi connectivity index (χ0n) is 11.5. The quantitative estimate of drug-likeness (QED) is 0.358. The fraction of sp³-hybridized carbons (Fsp3) is 0.286. The van der Waals surface area contributed by atoms with E-state index >= 15 is 0 Å². The molecule has 0 spiro atoms. The summed E-state index contributed by atoms with van der Waals surface area (Å²) in [4.78, 5) is 34.0. The molecule has 0 radical (unpaired) electrons. The maximum atomic E-state index is 11.4. The first-order valence-corrected chi connectivity index (χ1v) is 6.42. The topological polar surface area (TPSA) is 96.9 Å². The molecule has 21 heavy (non-hydrogen) atoms. The number of benzene rings is 1. The smallest absolute Gasteiger partial charge is 0.337 e. The average Bonchev–Trinajstić information content (AvgIpc) is 3.31. The summed E-state index contributed by atoms with van der Waals surface area (Å²) in [7, 11) is 1.31. The first-order valence-electron chi connectivity index (χ1n) is 6.42. The van der Waals surface area contributed by atoms with Crippen LogP contribution in [0.25, 0.3) is 0 Å². The molecule has 2 N–H and O–H groups in total. The molecule has 1 aliphatic rings. The number of nitrogens with zero attached hydrogens (tertiary/aromatic N) is 1. The number of carbonyl (C=O) groups excluding carboxylic acids is 3. The van der Waals surface area contributed by atoms with Crippen molar-refractivity contribution < 1.29 is 19.1 Å². The van der Waals surface area contributed by atoms with Crippen LogP contribution in [-0.4, -0.2) is 37.1 Å². The van der Waals surface area contributed by atoms with Crippen LogP contribution in [0, 0.1) is 0 Å². The normalized spacial score (nSPS) is 13.8. The fourth-order valence-corrected chi connectivity index (χ4v) is 1.52. The Hall–Kier alpha value is -2.70. The third-order valence-electron chi connectivity index (χ3n) is 2.83. The summed E-state index contributed by atoms with van der Waals surface area (Å²) in [5, 5.41) is 6.24. The van der Waals surface area contributed by atoms with Crippen LogP contribution < -0.4 is 10.7 Å². The third-order valence-corrected chi connectivity index (χ3v) is 2.83. The lowest BCUT2D eigenvalue weighted by atomic mass is 10.1. The van der Waals surface area contributed by atoms with Gasteiger partial charge in [-0.2, -0.15) is 5.10 Å². The van der Waals surface area contributed by atoms with E-state index in [9.17, 15) is 14.4 Å². The average molecular weight is 289 g/mol. The van der Waals surface area contributed by atoms with Gasteiger partial charge in [0.2, 0.25) is 0 Å². The van der Waals surface area contributed by atoms with Crippen LogP contribution in [0.3, 0.4) is 0 Å². The minimum Gasteiger partial charge on any atom is -0.465 e. The maximum Gasteiger partial charge on any atom is 0.337 e. The van der Waals surface area contributed by atoms with Crippen LogP contribution in [0.2, 0.25) is 0 Å². The molecule has 2 amide bonds. The molecule has 1 aliphatic carbocycles. The van der Waals surface area contributed by atoms with Crippen LogP contribution in [0.4, 0.5) is 0 Å². The molecule has 0 atom stereocenters. The highest BCUT2D eigenvalue weighted by Crippen LogP contribution is 2.18. The van der Waals surface area contributed by atoms with Crippen LogP contribution in [0.1, 0.15) is 28.8 Å². The van der Waals surface area contributed by atoms with E-state index in [4.69, 9.17) is 0 Å². The number of rotatable bonds is 4. The highest BCUT2D eigenvalue weighted by molar-refractivity contribution is 6.35. The van der Waals surface area contributed by atoms with Gasteiger partial charge in [0.05, 0.1) is 18.9 Å². The number of hydrogen-bond acceptors (Lipinski definition) is 5. The predicted octanol–water partition coefficient (Wildman–Crippen LogP) is 0.202. The molecule has 1 aromatic rings. The summed E-state index contributed by atoms with van der Waals surface area (Å²) in [5.74, 6) is -1.91. The summed E-state index contributed by atoms with van der Waals surface area (Å²) < 4.78 is 4.58. The van der Waals surface area contributed by atoms with E-state index in [0.717, 1.165) is 12.8 Å².